The molecule has 0 spiro atoms. The lowest BCUT2D eigenvalue weighted by molar-refractivity contribution is 0.0479. The maximum Gasteiger partial charge on any atom is 0.336 e. The molecule has 5 nitrogen and oxygen atoms in total. The summed E-state index contributed by atoms with van der Waals surface area (Å²) in [5.41, 5.74) is 0.962. The van der Waals surface area contributed by atoms with Crippen LogP contribution in [0.15, 0.2) is 16.6 Å². The maximum absolute atomic E-state index is 11.1. The molecule has 20 heavy (non-hydrogen) atoms. The van der Waals surface area contributed by atoms with E-state index in [0.717, 1.165) is 34.9 Å². The summed E-state index contributed by atoms with van der Waals surface area (Å²) in [5.74, 6) is -0.570. The molecule has 0 unspecified atom stereocenters. The minimum absolute atomic E-state index is 0.235. The fourth-order valence-corrected chi connectivity index (χ4v) is 4.04. The Hall–Kier alpha value is -1.02. The number of hydrogen-bond donors (Lipinski definition) is 2. The Balaban J connectivity index is 1.82. The van der Waals surface area contributed by atoms with Crippen LogP contribution in [0.5, 0.6) is 0 Å². The van der Waals surface area contributed by atoms with Crippen molar-refractivity contribution < 1.29 is 15.0 Å². The van der Waals surface area contributed by atoms with Gasteiger partial charge in [0.05, 0.1) is 22.3 Å². The van der Waals surface area contributed by atoms with Gasteiger partial charge in [0.15, 0.2) is 0 Å². The van der Waals surface area contributed by atoms with Gasteiger partial charge in [0.2, 0.25) is 0 Å². The Morgan fingerprint density at radius 2 is 2.25 bits per heavy atom. The van der Waals surface area contributed by atoms with Gasteiger partial charge in [0, 0.05) is 30.1 Å². The molecule has 1 aromatic heterocycles. The molecule has 106 valence electrons. The van der Waals surface area contributed by atoms with Crippen molar-refractivity contribution in [1.82, 2.24) is 9.88 Å². The zero-order chi connectivity index (χ0) is 14.3. The highest BCUT2D eigenvalue weighted by molar-refractivity contribution is 9.10. The lowest BCUT2D eigenvalue weighted by Crippen LogP contribution is -2.47. The Kier molecular flexibility index (Phi) is 3.76. The highest BCUT2D eigenvalue weighted by atomic mass is 79.9. The molecule has 2 aromatic rings. The number of carboxylic acid groups (broad SMARTS) is 1. The summed E-state index contributed by atoms with van der Waals surface area (Å²) in [6, 6.07) is 3.42. The molecule has 0 atom stereocenters. The fraction of sp³-hybridized carbons (Fsp3) is 0.385. The summed E-state index contributed by atoms with van der Waals surface area (Å²) in [4.78, 5) is 17.8. The number of nitrogens with zero attached hydrogens (tertiary/aromatic N) is 2. The first-order valence-corrected chi connectivity index (χ1v) is 7.83. The molecule has 0 amide bonds. The van der Waals surface area contributed by atoms with Crippen molar-refractivity contribution in [3.8, 4) is 0 Å². The molecule has 1 aromatic carbocycles. The number of benzene rings is 1. The van der Waals surface area contributed by atoms with E-state index in [-0.39, 0.29) is 12.2 Å². The molecular formula is C13H13BrN2O3S. The quantitative estimate of drug-likeness (QED) is 0.878. The second-order valence-corrected chi connectivity index (χ2v) is 6.92. The summed E-state index contributed by atoms with van der Waals surface area (Å²) in [6.45, 7) is 2.80. The Labute approximate surface area is 128 Å². The molecule has 2 heterocycles. The van der Waals surface area contributed by atoms with E-state index < -0.39 is 5.97 Å². The number of halogens is 1. The van der Waals surface area contributed by atoms with Gasteiger partial charge in [0.1, 0.15) is 5.01 Å². The van der Waals surface area contributed by atoms with Crippen LogP contribution < -0.4 is 0 Å². The van der Waals surface area contributed by atoms with E-state index in [1.165, 1.54) is 0 Å². The summed E-state index contributed by atoms with van der Waals surface area (Å²) >= 11 is 4.86. The summed E-state index contributed by atoms with van der Waals surface area (Å²) in [7, 11) is 0. The van der Waals surface area contributed by atoms with Gasteiger partial charge in [-0.25, -0.2) is 9.78 Å². The normalized spacial score (nSPS) is 16.5. The first kappa shape index (κ1) is 13.9. The van der Waals surface area contributed by atoms with E-state index in [2.05, 4.69) is 25.8 Å². The first-order valence-electron chi connectivity index (χ1n) is 6.22. The predicted octanol–water partition coefficient (Wildman–Crippen LogP) is 2.18. The van der Waals surface area contributed by atoms with E-state index in [1.807, 2.05) is 6.07 Å². The molecule has 1 aliphatic heterocycles. The van der Waals surface area contributed by atoms with Crippen LogP contribution in [0.4, 0.5) is 0 Å². The van der Waals surface area contributed by atoms with Crippen LogP contribution in [0.25, 0.3) is 10.2 Å². The van der Waals surface area contributed by atoms with Gasteiger partial charge in [-0.2, -0.15) is 0 Å². The number of thiazole rings is 1. The zero-order valence-electron chi connectivity index (χ0n) is 10.5. The minimum Gasteiger partial charge on any atom is -0.478 e. The number of carbonyl (C=O) groups is 1. The van der Waals surface area contributed by atoms with Gasteiger partial charge < -0.3 is 10.2 Å². The molecule has 1 aliphatic rings. The van der Waals surface area contributed by atoms with E-state index in [0.29, 0.717) is 10.4 Å². The molecule has 0 saturated carbocycles. The van der Waals surface area contributed by atoms with Crippen LogP contribution >= 0.6 is 27.3 Å². The SMILES string of the molecule is O=C(O)c1cc2nc(CN3CC(CO)C3)sc2cc1Br. The molecule has 2 N–H and O–H groups in total. The molecule has 1 fully saturated rings. The Morgan fingerprint density at radius 1 is 1.50 bits per heavy atom. The average molecular weight is 357 g/mol. The largest absolute Gasteiger partial charge is 0.478 e. The first-order chi connectivity index (χ1) is 9.56. The second kappa shape index (κ2) is 5.40. The Bertz CT molecular complexity index is 667. The number of aromatic nitrogens is 1. The summed E-state index contributed by atoms with van der Waals surface area (Å²) in [5, 5.41) is 19.1. The standard InChI is InChI=1S/C13H13BrN2O3S/c14-9-2-11-10(1-8(9)13(18)19)15-12(20-11)5-16-3-7(4-16)6-17/h1-2,7,17H,3-6H2,(H,18,19). The van der Waals surface area contributed by atoms with Crippen molar-refractivity contribution in [3.63, 3.8) is 0 Å². The van der Waals surface area contributed by atoms with Crippen LogP contribution in [-0.4, -0.2) is 45.8 Å². The number of aromatic carboxylic acids is 1. The van der Waals surface area contributed by atoms with Crippen molar-refractivity contribution in [2.75, 3.05) is 19.7 Å². The van der Waals surface area contributed by atoms with Crippen molar-refractivity contribution in [2.24, 2.45) is 5.92 Å². The van der Waals surface area contributed by atoms with Gasteiger partial charge in [-0.3, -0.25) is 4.90 Å². The number of likely N-dealkylation sites (tertiary alicyclic amines) is 1. The molecular weight excluding hydrogens is 344 g/mol. The number of aliphatic hydroxyl groups excluding tert-OH is 1. The average Bonchev–Trinajstić information content (AvgIpc) is 2.73. The molecule has 1 saturated heterocycles. The van der Waals surface area contributed by atoms with Crippen molar-refractivity contribution >= 4 is 43.5 Å². The van der Waals surface area contributed by atoms with Crippen LogP contribution in [-0.2, 0) is 6.54 Å². The third kappa shape index (κ3) is 2.58. The smallest absolute Gasteiger partial charge is 0.336 e. The molecule has 0 aliphatic carbocycles. The van der Waals surface area contributed by atoms with E-state index in [9.17, 15) is 4.79 Å². The number of hydrogen-bond acceptors (Lipinski definition) is 5. The molecule has 7 heteroatoms. The molecule has 3 rings (SSSR count). The van der Waals surface area contributed by atoms with Crippen molar-refractivity contribution in [2.45, 2.75) is 6.54 Å². The van der Waals surface area contributed by atoms with Gasteiger partial charge >= 0.3 is 5.97 Å². The number of carboxylic acids is 1. The predicted molar refractivity (Wildman–Crippen MR) is 80.1 cm³/mol. The van der Waals surface area contributed by atoms with Gasteiger partial charge in [-0.05, 0) is 28.1 Å². The lowest BCUT2D eigenvalue weighted by atomic mass is 10.0. The van der Waals surface area contributed by atoms with E-state index >= 15 is 0 Å². The number of fused-ring (bicyclic) bond motifs is 1. The highest BCUT2D eigenvalue weighted by Gasteiger charge is 2.26. The number of rotatable bonds is 4. The second-order valence-electron chi connectivity index (χ2n) is 4.96. The number of aliphatic hydroxyl groups is 1. The van der Waals surface area contributed by atoms with Crippen molar-refractivity contribution in [1.29, 1.82) is 0 Å². The fourth-order valence-electron chi connectivity index (χ4n) is 2.34. The van der Waals surface area contributed by atoms with E-state index in [4.69, 9.17) is 10.2 Å². The minimum atomic E-state index is -0.957. The van der Waals surface area contributed by atoms with Crippen LogP contribution in [0.3, 0.4) is 0 Å². The summed E-state index contributed by atoms with van der Waals surface area (Å²) in [6.07, 6.45) is 0. The van der Waals surface area contributed by atoms with E-state index in [1.54, 1.807) is 17.4 Å². The third-order valence-electron chi connectivity index (χ3n) is 3.40. The maximum atomic E-state index is 11.1. The van der Waals surface area contributed by atoms with Gasteiger partial charge in [-0.15, -0.1) is 11.3 Å². The topological polar surface area (TPSA) is 73.7 Å². The van der Waals surface area contributed by atoms with Gasteiger partial charge in [0.25, 0.3) is 0 Å². The van der Waals surface area contributed by atoms with Crippen LogP contribution in [0.2, 0.25) is 0 Å². The van der Waals surface area contributed by atoms with Crippen LogP contribution in [0, 0.1) is 5.92 Å². The summed E-state index contributed by atoms with van der Waals surface area (Å²) < 4.78 is 1.56. The zero-order valence-corrected chi connectivity index (χ0v) is 12.9. The van der Waals surface area contributed by atoms with Crippen molar-refractivity contribution in [3.05, 3.63) is 27.2 Å². The Morgan fingerprint density at radius 3 is 2.90 bits per heavy atom. The monoisotopic (exact) mass is 356 g/mol. The van der Waals surface area contributed by atoms with Gasteiger partial charge in [-0.1, -0.05) is 0 Å². The third-order valence-corrected chi connectivity index (χ3v) is 5.06. The lowest BCUT2D eigenvalue weighted by Gasteiger charge is -2.37. The molecule has 0 radical (unpaired) electrons. The highest BCUT2D eigenvalue weighted by Crippen LogP contribution is 2.30. The molecule has 0 bridgehead atoms. The van der Waals surface area contributed by atoms with Crippen LogP contribution in [0.1, 0.15) is 15.4 Å².